The van der Waals surface area contributed by atoms with Crippen LogP contribution in [0.1, 0.15) is 50.7 Å². The molecule has 2 atom stereocenters. The van der Waals surface area contributed by atoms with Gasteiger partial charge in [-0.1, -0.05) is 50.3 Å². The van der Waals surface area contributed by atoms with Crippen molar-refractivity contribution in [2.24, 2.45) is 0 Å². The topological polar surface area (TPSA) is 46.5 Å². The van der Waals surface area contributed by atoms with Gasteiger partial charge in [0.05, 0.1) is 12.5 Å². The lowest BCUT2D eigenvalue weighted by Gasteiger charge is -2.39. The highest BCUT2D eigenvalue weighted by Gasteiger charge is 2.38. The number of allylic oxidation sites excluding steroid dienone is 1. The first kappa shape index (κ1) is 21.8. The molecule has 162 valence electrons. The van der Waals surface area contributed by atoms with Crippen LogP contribution in [0.15, 0.2) is 71.2 Å². The molecule has 0 bridgehead atoms. The van der Waals surface area contributed by atoms with Gasteiger partial charge in [0.15, 0.2) is 0 Å². The minimum Gasteiger partial charge on any atom is -0.458 e. The van der Waals surface area contributed by atoms with E-state index >= 15 is 0 Å². The van der Waals surface area contributed by atoms with E-state index in [2.05, 4.69) is 32.1 Å². The van der Waals surface area contributed by atoms with E-state index < -0.39 is 12.2 Å². The zero-order valence-corrected chi connectivity index (χ0v) is 18.6. The van der Waals surface area contributed by atoms with Gasteiger partial charge in [-0.05, 0) is 59.4 Å². The maximum Gasteiger partial charge on any atom is 0.309 e. The third-order valence-corrected chi connectivity index (χ3v) is 7.93. The van der Waals surface area contributed by atoms with Crippen LogP contribution in [0, 0.1) is 5.82 Å². The molecule has 0 aromatic heterocycles. The van der Waals surface area contributed by atoms with Crippen LogP contribution in [0.2, 0.25) is 0 Å². The van der Waals surface area contributed by atoms with E-state index in [9.17, 15) is 14.3 Å². The molecule has 0 radical (unpaired) electrons. The molecule has 1 N–H and O–H groups in total. The molecule has 0 unspecified atom stereocenters. The Bertz CT molecular complexity index is 1020. The second-order valence-corrected chi connectivity index (χ2v) is 9.50. The lowest BCUT2D eigenvalue weighted by molar-refractivity contribution is -0.156. The summed E-state index contributed by atoms with van der Waals surface area (Å²) in [4.78, 5) is 13.0. The number of aliphatic hydroxyl groups excluding tert-OH is 1. The summed E-state index contributed by atoms with van der Waals surface area (Å²) < 4.78 is 19.0. The van der Waals surface area contributed by atoms with E-state index in [0.717, 1.165) is 35.1 Å². The SMILES string of the molecule is CCC1(CC)Sc2ccccc2C(c2ccc(F)cc2)=C1C=C[C@H]1C[C@H](O)CC(=O)O1. The minimum absolute atomic E-state index is 0.0466. The number of ether oxygens (including phenoxy) is 1. The van der Waals surface area contributed by atoms with Gasteiger partial charge in [-0.15, -0.1) is 11.8 Å². The molecule has 0 saturated carbocycles. The van der Waals surface area contributed by atoms with Gasteiger partial charge in [-0.2, -0.15) is 0 Å². The summed E-state index contributed by atoms with van der Waals surface area (Å²) in [5.41, 5.74) is 4.30. The summed E-state index contributed by atoms with van der Waals surface area (Å²) >= 11 is 1.86. The number of fused-ring (bicyclic) bond motifs is 1. The van der Waals surface area contributed by atoms with Crippen molar-refractivity contribution in [2.45, 2.75) is 61.4 Å². The molecule has 1 fully saturated rings. The average molecular weight is 439 g/mol. The number of carbonyl (C=O) groups is 1. The normalized spacial score (nSPS) is 23.0. The fourth-order valence-electron chi connectivity index (χ4n) is 4.47. The van der Waals surface area contributed by atoms with Crippen molar-refractivity contribution >= 4 is 23.3 Å². The van der Waals surface area contributed by atoms with Crippen molar-refractivity contribution in [3.63, 3.8) is 0 Å². The van der Waals surface area contributed by atoms with E-state index in [1.54, 1.807) is 0 Å². The van der Waals surface area contributed by atoms with Crippen LogP contribution < -0.4 is 0 Å². The van der Waals surface area contributed by atoms with Crippen LogP contribution >= 0.6 is 11.8 Å². The van der Waals surface area contributed by atoms with Crippen LogP contribution in [0.4, 0.5) is 4.39 Å². The molecule has 1 saturated heterocycles. The van der Waals surface area contributed by atoms with Crippen molar-refractivity contribution in [1.82, 2.24) is 0 Å². The Labute approximate surface area is 187 Å². The molecule has 4 rings (SSSR count). The zero-order valence-electron chi connectivity index (χ0n) is 17.8. The van der Waals surface area contributed by atoms with Crippen LogP contribution in [0.25, 0.3) is 5.57 Å². The number of halogens is 1. The molecular formula is C26H27FO3S. The Morgan fingerprint density at radius 2 is 1.87 bits per heavy atom. The van der Waals surface area contributed by atoms with Crippen molar-refractivity contribution in [3.05, 3.63) is 83.2 Å². The summed E-state index contributed by atoms with van der Waals surface area (Å²) in [6, 6.07) is 15.0. The van der Waals surface area contributed by atoms with Gasteiger partial charge in [0.1, 0.15) is 11.9 Å². The highest BCUT2D eigenvalue weighted by Crippen LogP contribution is 2.54. The van der Waals surface area contributed by atoms with Gasteiger partial charge in [-0.25, -0.2) is 4.39 Å². The van der Waals surface area contributed by atoms with Crippen LogP contribution in [-0.4, -0.2) is 28.0 Å². The predicted octanol–water partition coefficient (Wildman–Crippen LogP) is 5.91. The number of benzene rings is 2. The van der Waals surface area contributed by atoms with Crippen molar-refractivity contribution in [2.75, 3.05) is 0 Å². The fraction of sp³-hybridized carbons (Fsp3) is 0.346. The average Bonchev–Trinajstić information content (AvgIpc) is 2.76. The summed E-state index contributed by atoms with van der Waals surface area (Å²) in [6.07, 6.45) is 5.11. The van der Waals surface area contributed by atoms with Gasteiger partial charge < -0.3 is 9.84 Å². The third-order valence-electron chi connectivity index (χ3n) is 6.16. The molecule has 2 aliphatic rings. The third kappa shape index (κ3) is 4.35. The van der Waals surface area contributed by atoms with E-state index in [1.807, 2.05) is 42.1 Å². The number of esters is 1. The molecule has 2 aromatic carbocycles. The maximum absolute atomic E-state index is 13.7. The minimum atomic E-state index is -0.676. The first-order valence-electron chi connectivity index (χ1n) is 10.8. The van der Waals surface area contributed by atoms with Crippen molar-refractivity contribution < 1.29 is 19.0 Å². The molecular weight excluding hydrogens is 411 g/mol. The Balaban J connectivity index is 1.89. The lowest BCUT2D eigenvalue weighted by atomic mass is 9.82. The van der Waals surface area contributed by atoms with Gasteiger partial charge >= 0.3 is 5.97 Å². The van der Waals surface area contributed by atoms with Gasteiger partial charge in [0.2, 0.25) is 0 Å². The van der Waals surface area contributed by atoms with Crippen molar-refractivity contribution in [3.8, 4) is 0 Å². The summed E-state index contributed by atoms with van der Waals surface area (Å²) in [6.45, 7) is 4.37. The number of aliphatic hydroxyl groups is 1. The predicted molar refractivity (Wildman–Crippen MR) is 122 cm³/mol. The number of hydrogen-bond donors (Lipinski definition) is 1. The number of hydrogen-bond acceptors (Lipinski definition) is 4. The summed E-state index contributed by atoms with van der Waals surface area (Å²) in [7, 11) is 0. The molecule has 2 aliphatic heterocycles. The Morgan fingerprint density at radius 3 is 2.55 bits per heavy atom. The maximum atomic E-state index is 13.7. The Kier molecular flexibility index (Phi) is 6.35. The summed E-state index contributed by atoms with van der Waals surface area (Å²) in [5, 5.41) is 9.98. The highest BCUT2D eigenvalue weighted by molar-refractivity contribution is 8.01. The van der Waals surface area contributed by atoms with E-state index in [0.29, 0.717) is 6.42 Å². The number of rotatable bonds is 5. The highest BCUT2D eigenvalue weighted by atomic mass is 32.2. The molecule has 31 heavy (non-hydrogen) atoms. The van der Waals surface area contributed by atoms with Crippen LogP contribution in [0.3, 0.4) is 0 Å². The van der Waals surface area contributed by atoms with Gasteiger partial charge in [0.25, 0.3) is 0 Å². The molecule has 3 nitrogen and oxygen atoms in total. The van der Waals surface area contributed by atoms with E-state index in [1.165, 1.54) is 17.0 Å². The molecule has 5 heteroatoms. The Morgan fingerprint density at radius 1 is 1.16 bits per heavy atom. The van der Waals surface area contributed by atoms with Crippen LogP contribution in [0.5, 0.6) is 0 Å². The second kappa shape index (κ2) is 9.01. The second-order valence-electron chi connectivity index (χ2n) is 8.08. The molecule has 2 aromatic rings. The monoisotopic (exact) mass is 438 g/mol. The standard InChI is InChI=1S/C26H27FO3S/c1-3-26(4-2)22(14-13-20-15-19(28)16-24(29)30-20)25(17-9-11-18(27)12-10-17)21-7-5-6-8-23(21)31-26/h5-14,19-20,28H,3-4,15-16H2,1-2H3/t19-,20-/m0/s1. The quantitative estimate of drug-likeness (QED) is 0.589. The Hall–Kier alpha value is -2.37. The number of thioether (sulfide) groups is 1. The fourth-order valence-corrected chi connectivity index (χ4v) is 5.89. The first-order chi connectivity index (χ1) is 15.0. The zero-order chi connectivity index (χ0) is 22.0. The van der Waals surface area contributed by atoms with Gasteiger partial charge in [-0.3, -0.25) is 4.79 Å². The molecule has 0 spiro atoms. The van der Waals surface area contributed by atoms with E-state index in [-0.39, 0.29) is 23.0 Å². The molecule has 0 amide bonds. The molecule has 0 aliphatic carbocycles. The van der Waals surface area contributed by atoms with Crippen molar-refractivity contribution in [1.29, 1.82) is 0 Å². The first-order valence-corrected chi connectivity index (χ1v) is 11.6. The van der Waals surface area contributed by atoms with Gasteiger partial charge in [0, 0.05) is 16.1 Å². The number of cyclic esters (lactones) is 1. The van der Waals surface area contributed by atoms with E-state index in [4.69, 9.17) is 4.74 Å². The smallest absolute Gasteiger partial charge is 0.309 e. The largest absolute Gasteiger partial charge is 0.458 e. The summed E-state index contributed by atoms with van der Waals surface area (Å²) in [5.74, 6) is -0.637. The number of carbonyl (C=O) groups excluding carboxylic acids is 1. The molecule has 2 heterocycles. The van der Waals surface area contributed by atoms with Crippen LogP contribution in [-0.2, 0) is 9.53 Å². The lowest BCUT2D eigenvalue weighted by Crippen LogP contribution is -2.32.